The fourth-order valence-electron chi connectivity index (χ4n) is 1.62. The third-order valence-corrected chi connectivity index (χ3v) is 2.58. The van der Waals surface area contributed by atoms with Gasteiger partial charge in [-0.1, -0.05) is 0 Å². The highest BCUT2D eigenvalue weighted by molar-refractivity contribution is 6.05. The average Bonchev–Trinajstić information content (AvgIpc) is 2.66. The van der Waals surface area contributed by atoms with Gasteiger partial charge in [0.15, 0.2) is 6.17 Å². The van der Waals surface area contributed by atoms with E-state index >= 15 is 0 Å². The zero-order chi connectivity index (χ0) is 14.7. The Labute approximate surface area is 107 Å². The van der Waals surface area contributed by atoms with Crippen LogP contribution in [0.1, 0.15) is 0 Å². The van der Waals surface area contributed by atoms with Crippen LogP contribution in [0.5, 0.6) is 0 Å². The largest absolute Gasteiger partial charge is 0.376 e. The maximum atomic E-state index is 11.8. The first kappa shape index (κ1) is 15.1. The number of hydrogen-bond donors (Lipinski definition) is 4. The Morgan fingerprint density at radius 3 is 2.26 bits per heavy atom. The van der Waals surface area contributed by atoms with E-state index in [0.717, 1.165) is 7.05 Å². The molecule has 0 aliphatic carbocycles. The summed E-state index contributed by atoms with van der Waals surface area (Å²) in [4.78, 5) is 36.6. The fraction of sp³-hybridized carbons (Fsp3) is 0.625. The predicted molar refractivity (Wildman–Crippen MR) is 55.9 cm³/mol. The van der Waals surface area contributed by atoms with Crippen LogP contribution in [0.3, 0.4) is 0 Å². The molecule has 5 amide bonds. The number of carbonyl (C=O) groups excluding carboxylic acids is 3. The van der Waals surface area contributed by atoms with Crippen molar-refractivity contribution in [3.8, 4) is 0 Å². The van der Waals surface area contributed by atoms with E-state index in [9.17, 15) is 14.4 Å². The second kappa shape index (κ2) is 5.79. The van der Waals surface area contributed by atoms with Gasteiger partial charge in [0.05, 0.1) is 0 Å². The molecule has 1 rings (SSSR count). The summed E-state index contributed by atoms with van der Waals surface area (Å²) in [5, 5.41) is 35.5. The first-order valence-corrected chi connectivity index (χ1v) is 5.08. The Morgan fingerprint density at radius 1 is 1.26 bits per heavy atom. The Hall–Kier alpha value is -1.95. The lowest BCUT2D eigenvalue weighted by molar-refractivity contribution is -0.138. The number of likely N-dealkylation sites (N-methyl/N-ethyl adjacent to an activating group) is 1. The van der Waals surface area contributed by atoms with Crippen LogP contribution >= 0.6 is 0 Å². The van der Waals surface area contributed by atoms with E-state index in [2.05, 4.69) is 0 Å². The number of nitrogens with zero attached hydrogens (tertiary/aromatic N) is 4. The summed E-state index contributed by atoms with van der Waals surface area (Å²) in [6, 6.07) is -2.14. The number of hydroxylamine groups is 2. The first-order chi connectivity index (χ1) is 8.90. The molecule has 11 heteroatoms. The lowest BCUT2D eigenvalue weighted by Gasteiger charge is -2.29. The summed E-state index contributed by atoms with van der Waals surface area (Å²) in [5.74, 6) is -0.941. The molecule has 0 saturated carbocycles. The monoisotopic (exact) mass is 278 g/mol. The molecule has 108 valence electrons. The minimum Gasteiger partial charge on any atom is -0.376 e. The van der Waals surface area contributed by atoms with Gasteiger partial charge in [-0.3, -0.25) is 19.8 Å². The Morgan fingerprint density at radius 2 is 1.84 bits per heavy atom. The van der Waals surface area contributed by atoms with Gasteiger partial charge in [-0.25, -0.2) is 14.5 Å². The number of aliphatic hydroxyl groups excluding tert-OH is 3. The smallest absolute Gasteiger partial charge is 0.347 e. The highest BCUT2D eigenvalue weighted by Gasteiger charge is 2.48. The van der Waals surface area contributed by atoms with Crippen LogP contribution in [-0.2, 0) is 4.79 Å². The molecule has 0 radical (unpaired) electrons. The van der Waals surface area contributed by atoms with Crippen LogP contribution < -0.4 is 0 Å². The molecule has 4 N–H and O–H groups in total. The standard InChI is InChI=1S/C8H14N4O7/c1-9(7(17)12(19)4-15)5-6(16)11(3-14)8(18)10(5)2-13/h5,13-15,19H,2-4H2,1H3. The van der Waals surface area contributed by atoms with Gasteiger partial charge >= 0.3 is 12.1 Å². The summed E-state index contributed by atoms with van der Waals surface area (Å²) in [5.41, 5.74) is 0. The average molecular weight is 278 g/mol. The summed E-state index contributed by atoms with van der Waals surface area (Å²) in [6.07, 6.45) is -1.52. The Kier molecular flexibility index (Phi) is 4.61. The third kappa shape index (κ3) is 2.44. The zero-order valence-electron chi connectivity index (χ0n) is 10.0. The third-order valence-electron chi connectivity index (χ3n) is 2.58. The molecule has 1 saturated heterocycles. The van der Waals surface area contributed by atoms with Crippen molar-refractivity contribution in [1.29, 1.82) is 0 Å². The summed E-state index contributed by atoms with van der Waals surface area (Å²) >= 11 is 0. The highest BCUT2D eigenvalue weighted by Crippen LogP contribution is 2.19. The van der Waals surface area contributed by atoms with Crippen molar-refractivity contribution >= 4 is 18.0 Å². The minimum absolute atomic E-state index is 0.0884. The van der Waals surface area contributed by atoms with Crippen LogP contribution in [0, 0.1) is 0 Å². The number of amides is 5. The zero-order valence-corrected chi connectivity index (χ0v) is 10.0. The number of carbonyl (C=O) groups is 3. The van der Waals surface area contributed by atoms with Gasteiger partial charge in [0.1, 0.15) is 20.2 Å². The molecule has 1 heterocycles. The topological polar surface area (TPSA) is 145 Å². The Bertz CT molecular complexity index is 389. The van der Waals surface area contributed by atoms with Crippen molar-refractivity contribution in [1.82, 2.24) is 19.8 Å². The number of urea groups is 2. The van der Waals surface area contributed by atoms with Gasteiger partial charge in [-0.05, 0) is 0 Å². The van der Waals surface area contributed by atoms with Crippen LogP contribution in [0.25, 0.3) is 0 Å². The van der Waals surface area contributed by atoms with Gasteiger partial charge in [0.2, 0.25) is 0 Å². The molecule has 0 aromatic heterocycles. The van der Waals surface area contributed by atoms with Crippen LogP contribution in [0.15, 0.2) is 0 Å². The van der Waals surface area contributed by atoms with E-state index in [4.69, 9.17) is 20.5 Å². The van der Waals surface area contributed by atoms with Crippen molar-refractivity contribution in [2.75, 3.05) is 27.2 Å². The molecule has 0 aromatic rings. The number of hydrogen-bond acceptors (Lipinski definition) is 7. The van der Waals surface area contributed by atoms with E-state index in [1.165, 1.54) is 0 Å². The SMILES string of the molecule is CN(C(=O)N(O)CO)C1C(=O)N(CO)C(=O)N1CO. The molecule has 0 aromatic carbocycles. The number of aliphatic hydroxyl groups is 3. The van der Waals surface area contributed by atoms with Crippen molar-refractivity contribution in [2.24, 2.45) is 0 Å². The van der Waals surface area contributed by atoms with E-state index in [-0.39, 0.29) is 5.06 Å². The van der Waals surface area contributed by atoms with Crippen molar-refractivity contribution < 1.29 is 34.9 Å². The van der Waals surface area contributed by atoms with E-state index in [1.807, 2.05) is 0 Å². The molecule has 1 unspecified atom stereocenters. The maximum absolute atomic E-state index is 11.8. The maximum Gasteiger partial charge on any atom is 0.347 e. The van der Waals surface area contributed by atoms with Gasteiger partial charge in [0, 0.05) is 7.05 Å². The lowest BCUT2D eigenvalue weighted by atomic mass is 10.4. The molecular weight excluding hydrogens is 264 g/mol. The van der Waals surface area contributed by atoms with E-state index in [0.29, 0.717) is 14.7 Å². The second-order valence-corrected chi connectivity index (χ2v) is 3.61. The number of imide groups is 1. The van der Waals surface area contributed by atoms with Gasteiger partial charge < -0.3 is 15.3 Å². The van der Waals surface area contributed by atoms with Crippen LogP contribution in [0.2, 0.25) is 0 Å². The Balaban J connectivity index is 3.00. The molecule has 1 aliphatic rings. The van der Waals surface area contributed by atoms with E-state index in [1.54, 1.807) is 0 Å². The van der Waals surface area contributed by atoms with Gasteiger partial charge in [0.25, 0.3) is 5.91 Å². The van der Waals surface area contributed by atoms with Crippen molar-refractivity contribution in [2.45, 2.75) is 6.17 Å². The lowest BCUT2D eigenvalue weighted by Crippen LogP contribution is -2.53. The van der Waals surface area contributed by atoms with Crippen molar-refractivity contribution in [3.63, 3.8) is 0 Å². The van der Waals surface area contributed by atoms with Gasteiger partial charge in [-0.2, -0.15) is 5.06 Å². The van der Waals surface area contributed by atoms with Gasteiger partial charge in [-0.15, -0.1) is 0 Å². The predicted octanol–water partition coefficient (Wildman–Crippen LogP) is -2.83. The molecule has 11 nitrogen and oxygen atoms in total. The first-order valence-electron chi connectivity index (χ1n) is 5.08. The summed E-state index contributed by atoms with van der Waals surface area (Å²) < 4.78 is 0. The molecular formula is C8H14N4O7. The fourth-order valence-corrected chi connectivity index (χ4v) is 1.62. The van der Waals surface area contributed by atoms with Crippen molar-refractivity contribution in [3.05, 3.63) is 0 Å². The molecule has 1 aliphatic heterocycles. The second-order valence-electron chi connectivity index (χ2n) is 3.61. The van der Waals surface area contributed by atoms with Crippen LogP contribution in [-0.4, -0.2) is 91.7 Å². The molecule has 0 spiro atoms. The quantitative estimate of drug-likeness (QED) is 0.188. The summed E-state index contributed by atoms with van der Waals surface area (Å²) in [6.45, 7) is -2.79. The molecule has 0 bridgehead atoms. The molecule has 1 atom stereocenters. The minimum atomic E-state index is -1.52. The highest BCUT2D eigenvalue weighted by atomic mass is 16.5. The summed E-state index contributed by atoms with van der Waals surface area (Å²) in [7, 11) is 1.08. The van der Waals surface area contributed by atoms with E-state index < -0.39 is 44.3 Å². The molecule has 1 fully saturated rings. The normalized spacial score (nSPS) is 19.1. The molecule has 19 heavy (non-hydrogen) atoms. The number of rotatable bonds is 4. The van der Waals surface area contributed by atoms with Crippen LogP contribution in [0.4, 0.5) is 9.59 Å².